The number of hydrogen-bond acceptors (Lipinski definition) is 6. The van der Waals surface area contributed by atoms with E-state index in [-0.39, 0.29) is 35.2 Å². The van der Waals surface area contributed by atoms with Crippen LogP contribution in [0.3, 0.4) is 0 Å². The molecule has 1 saturated heterocycles. The van der Waals surface area contributed by atoms with E-state index >= 15 is 0 Å². The summed E-state index contributed by atoms with van der Waals surface area (Å²) >= 11 is 0. The number of carbonyl (C=O) groups excluding carboxylic acids is 2. The highest BCUT2D eigenvalue weighted by Crippen LogP contribution is 2.56. The first-order chi connectivity index (χ1) is 26.5. The summed E-state index contributed by atoms with van der Waals surface area (Å²) in [6.45, 7) is 2.83. The Morgan fingerprint density at radius 2 is 1.40 bits per heavy atom. The van der Waals surface area contributed by atoms with E-state index in [4.69, 9.17) is 4.42 Å². The molecule has 0 bridgehead atoms. The number of ketones is 1. The molecule has 1 fully saturated rings. The van der Waals surface area contributed by atoms with Crippen molar-refractivity contribution in [2.24, 2.45) is 5.92 Å². The molecule has 0 spiro atoms. The maximum atomic E-state index is 13.7. The first kappa shape index (κ1) is 38.3. The monoisotopic (exact) mass is 769 g/mol. The first-order valence-electron chi connectivity index (χ1n) is 19.3. The molecule has 7 nitrogen and oxygen atoms in total. The summed E-state index contributed by atoms with van der Waals surface area (Å²) in [7, 11) is -2.02. The second kappa shape index (κ2) is 16.8. The Hall–Kier alpha value is -5.02. The molecule has 8 rings (SSSR count). The van der Waals surface area contributed by atoms with Gasteiger partial charge in [0.05, 0.1) is 11.7 Å². The summed E-state index contributed by atoms with van der Waals surface area (Å²) in [6.07, 6.45) is 8.59. The van der Waals surface area contributed by atoms with Crippen LogP contribution in [0.1, 0.15) is 55.2 Å². The second-order valence-corrected chi connectivity index (χ2v) is 18.4. The van der Waals surface area contributed by atoms with Crippen molar-refractivity contribution in [2.75, 3.05) is 37.2 Å². The van der Waals surface area contributed by atoms with Gasteiger partial charge in [-0.1, -0.05) is 54.6 Å². The highest BCUT2D eigenvalue weighted by Gasteiger charge is 2.45. The lowest BCUT2D eigenvalue weighted by molar-refractivity contribution is -0.131. The van der Waals surface area contributed by atoms with E-state index < -0.39 is 18.8 Å². The molecule has 4 aromatic carbocycles. The number of fused-ring (bicyclic) bond motifs is 2. The van der Waals surface area contributed by atoms with E-state index in [1.165, 1.54) is 33.2 Å². The zero-order chi connectivity index (χ0) is 37.1. The molecular formula is C46H45ClN3O4P. The Morgan fingerprint density at radius 1 is 0.818 bits per heavy atom. The van der Waals surface area contributed by atoms with Crippen LogP contribution in [-0.4, -0.2) is 48.9 Å². The zero-order valence-corrected chi connectivity index (χ0v) is 32.6. The Labute approximate surface area is 329 Å². The van der Waals surface area contributed by atoms with Gasteiger partial charge in [0.25, 0.3) is 5.91 Å². The van der Waals surface area contributed by atoms with Gasteiger partial charge in [-0.05, 0) is 105 Å². The zero-order valence-electron chi connectivity index (χ0n) is 31.0. The summed E-state index contributed by atoms with van der Waals surface area (Å²) in [6, 6.07) is 38.1. The maximum Gasteiger partial charge on any atom is 0.343 e. The van der Waals surface area contributed by atoms with Crippen LogP contribution in [0.25, 0.3) is 17.0 Å². The molecule has 3 aliphatic heterocycles. The van der Waals surface area contributed by atoms with E-state index in [2.05, 4.69) is 102 Å². The predicted molar refractivity (Wildman–Crippen MR) is 218 cm³/mol. The Morgan fingerprint density at radius 3 is 1.98 bits per heavy atom. The van der Waals surface area contributed by atoms with E-state index in [9.17, 15) is 19.6 Å². The minimum Gasteiger partial charge on any atom is -1.00 e. The first-order valence-corrected chi connectivity index (χ1v) is 21.3. The van der Waals surface area contributed by atoms with Gasteiger partial charge in [0.15, 0.2) is 0 Å². The number of halogens is 1. The molecule has 9 heteroatoms. The number of piperidine rings is 1. The van der Waals surface area contributed by atoms with Crippen molar-refractivity contribution < 1.29 is 26.4 Å². The number of nitriles is 1. The van der Waals surface area contributed by atoms with Gasteiger partial charge in [0.1, 0.15) is 46.2 Å². The smallest absolute Gasteiger partial charge is 0.343 e. The van der Waals surface area contributed by atoms with Crippen molar-refractivity contribution in [2.45, 2.75) is 51.4 Å². The molecule has 55 heavy (non-hydrogen) atoms. The average molecular weight is 770 g/mol. The molecule has 0 atom stereocenters. The van der Waals surface area contributed by atoms with Crippen LogP contribution in [0.2, 0.25) is 0 Å². The number of nitrogens with zero attached hydrogens (tertiary/aromatic N) is 3. The fourth-order valence-corrected chi connectivity index (χ4v) is 13.4. The minimum absolute atomic E-state index is 0. The number of anilines is 1. The fraction of sp³-hybridized carbons (Fsp3) is 0.304. The molecule has 4 heterocycles. The van der Waals surface area contributed by atoms with E-state index in [0.717, 1.165) is 62.3 Å². The molecule has 0 N–H and O–H groups in total. The lowest BCUT2D eigenvalue weighted by Crippen LogP contribution is -3.00. The molecule has 1 aromatic heterocycles. The average Bonchev–Trinajstić information content (AvgIpc) is 3.23. The Balaban J connectivity index is 0.00000465. The standard InChI is InChI=1S/C46H45N3O4P.ClH/c47-32-37(31-36-30-35-29-34-13-10-24-48-25-11-20-41(43(34)48)44(35)53-46(36)52)45(51)49-26-22-33(23-27-49)42(50)21-12-28-54(38-14-4-1-5-15-38,39-16-6-2-7-17-39)40-18-8-3-9-19-40;/h1-9,14-19,29-31,33H,10-13,20-28H2;1H/q+1;/p-1. The number of likely N-dealkylation sites (tertiary alicyclic amines) is 1. The lowest BCUT2D eigenvalue weighted by atomic mass is 9.89. The van der Waals surface area contributed by atoms with Gasteiger partial charge in [0.2, 0.25) is 0 Å². The molecule has 3 aliphatic rings. The number of benzene rings is 4. The molecule has 0 saturated carbocycles. The normalized spacial score (nSPS) is 15.9. The SMILES string of the molecule is N#CC(=Cc1cc2cc3c4c(c2oc1=O)CCCN4CCC3)C(=O)N1CCC(C(=O)CCC[P+](c2ccccc2)(c2ccccc2)c2ccccc2)CC1.[Cl-]. The van der Waals surface area contributed by atoms with Crippen LogP contribution in [0.5, 0.6) is 0 Å². The van der Waals surface area contributed by atoms with Crippen LogP contribution in [0.15, 0.2) is 118 Å². The van der Waals surface area contributed by atoms with Crippen LogP contribution in [0.4, 0.5) is 5.69 Å². The van der Waals surface area contributed by atoms with Gasteiger partial charge in [-0.25, -0.2) is 4.79 Å². The predicted octanol–water partition coefficient (Wildman–Crippen LogP) is 3.98. The van der Waals surface area contributed by atoms with Crippen LogP contribution in [0, 0.1) is 17.2 Å². The van der Waals surface area contributed by atoms with Gasteiger partial charge in [-0.15, -0.1) is 0 Å². The van der Waals surface area contributed by atoms with Crippen molar-refractivity contribution in [1.82, 2.24) is 4.90 Å². The van der Waals surface area contributed by atoms with Gasteiger partial charge in [-0.2, -0.15) is 5.26 Å². The third-order valence-electron chi connectivity index (χ3n) is 11.6. The van der Waals surface area contributed by atoms with Gasteiger partial charge >= 0.3 is 5.63 Å². The van der Waals surface area contributed by atoms with E-state index in [1.54, 1.807) is 11.0 Å². The molecular weight excluding hydrogens is 725 g/mol. The Kier molecular flexibility index (Phi) is 11.7. The van der Waals surface area contributed by atoms with E-state index in [0.29, 0.717) is 37.9 Å². The molecule has 0 unspecified atom stereocenters. The second-order valence-electron chi connectivity index (χ2n) is 14.8. The highest BCUT2D eigenvalue weighted by molar-refractivity contribution is 7.95. The van der Waals surface area contributed by atoms with Crippen molar-refractivity contribution >= 4 is 57.6 Å². The van der Waals surface area contributed by atoms with Gasteiger partial charge in [-0.3, -0.25) is 9.59 Å². The fourth-order valence-electron chi connectivity index (χ4n) is 9.01. The number of carbonyl (C=O) groups is 2. The van der Waals surface area contributed by atoms with Gasteiger partial charge in [0, 0.05) is 55.2 Å². The summed E-state index contributed by atoms with van der Waals surface area (Å²) in [5, 5.41) is 14.8. The van der Waals surface area contributed by atoms with E-state index in [1.807, 2.05) is 6.07 Å². The maximum absolute atomic E-state index is 13.7. The van der Waals surface area contributed by atoms with Crippen LogP contribution >= 0.6 is 7.26 Å². The Bertz CT molecular complexity index is 2210. The molecule has 0 aliphatic carbocycles. The summed E-state index contributed by atoms with van der Waals surface area (Å²) in [4.78, 5) is 44.6. The van der Waals surface area contributed by atoms with Gasteiger partial charge < -0.3 is 26.6 Å². The minimum atomic E-state index is -2.02. The molecule has 1 amide bonds. The number of hydrogen-bond donors (Lipinski definition) is 0. The molecule has 5 aromatic rings. The number of aryl methyl sites for hydroxylation is 2. The van der Waals surface area contributed by atoms with Crippen LogP contribution < -0.4 is 38.8 Å². The van der Waals surface area contributed by atoms with Crippen molar-refractivity contribution in [3.63, 3.8) is 0 Å². The largest absolute Gasteiger partial charge is 1.00 e. The summed E-state index contributed by atoms with van der Waals surface area (Å²) < 4.78 is 5.91. The number of amides is 1. The summed E-state index contributed by atoms with van der Waals surface area (Å²) in [5.74, 6) is -0.303. The number of Topliss-reactive ketones (excluding diaryl/α,β-unsaturated/α-hetero) is 1. The highest BCUT2D eigenvalue weighted by atomic mass is 35.5. The van der Waals surface area contributed by atoms with Crippen LogP contribution in [-0.2, 0) is 22.4 Å². The van der Waals surface area contributed by atoms with Crippen molar-refractivity contribution in [1.29, 1.82) is 5.26 Å². The van der Waals surface area contributed by atoms with Crippen molar-refractivity contribution in [3.05, 3.63) is 136 Å². The third-order valence-corrected chi connectivity index (χ3v) is 16.2. The lowest BCUT2D eigenvalue weighted by Gasteiger charge is -2.37. The van der Waals surface area contributed by atoms with Crippen molar-refractivity contribution in [3.8, 4) is 6.07 Å². The third kappa shape index (κ3) is 7.51. The number of rotatable bonds is 10. The molecule has 280 valence electrons. The quantitative estimate of drug-likeness (QED) is 0.0924. The molecule has 0 radical (unpaired) electrons. The summed E-state index contributed by atoms with van der Waals surface area (Å²) in [5.41, 5.74) is 3.77. The topological polar surface area (TPSA) is 94.6 Å².